The lowest BCUT2D eigenvalue weighted by molar-refractivity contribution is -0.132. The molecule has 3 rings (SSSR count). The Morgan fingerprint density at radius 1 is 1.32 bits per heavy atom. The number of hydrogen-bond donors (Lipinski definition) is 3. The van der Waals surface area contributed by atoms with Gasteiger partial charge in [0.1, 0.15) is 5.69 Å². The van der Waals surface area contributed by atoms with Crippen LogP contribution < -0.4 is 16.0 Å². The first-order chi connectivity index (χ1) is 12.0. The van der Waals surface area contributed by atoms with Crippen molar-refractivity contribution in [2.45, 2.75) is 38.6 Å². The van der Waals surface area contributed by atoms with Crippen molar-refractivity contribution in [3.63, 3.8) is 0 Å². The highest BCUT2D eigenvalue weighted by Gasteiger charge is 2.34. The van der Waals surface area contributed by atoms with E-state index in [1.54, 1.807) is 0 Å². The number of piperidine rings is 1. The molecule has 1 saturated heterocycles. The number of amides is 3. The summed E-state index contributed by atoms with van der Waals surface area (Å²) in [7, 11) is 1.87. The van der Waals surface area contributed by atoms with Gasteiger partial charge in [-0.25, -0.2) is 0 Å². The number of rotatable bonds is 6. The minimum Gasteiger partial charge on any atom is -0.356 e. The second-order valence-corrected chi connectivity index (χ2v) is 7.12. The lowest BCUT2D eigenvalue weighted by Gasteiger charge is -2.24. The fourth-order valence-corrected chi connectivity index (χ4v) is 3.28. The summed E-state index contributed by atoms with van der Waals surface area (Å²) < 4.78 is 1.86. The van der Waals surface area contributed by atoms with Crippen molar-refractivity contribution < 1.29 is 14.4 Å². The summed E-state index contributed by atoms with van der Waals surface area (Å²) in [6, 6.07) is 3.66. The van der Waals surface area contributed by atoms with Gasteiger partial charge in [-0.05, 0) is 44.2 Å². The third-order valence-corrected chi connectivity index (χ3v) is 5.23. The molecular formula is C18H26N4O3. The molecule has 2 fully saturated rings. The van der Waals surface area contributed by atoms with Gasteiger partial charge in [-0.15, -0.1) is 0 Å². The number of hydrogen-bond acceptors (Lipinski definition) is 3. The van der Waals surface area contributed by atoms with Gasteiger partial charge in [-0.3, -0.25) is 14.4 Å². The van der Waals surface area contributed by atoms with Crippen LogP contribution in [0.4, 0.5) is 0 Å². The van der Waals surface area contributed by atoms with Gasteiger partial charge in [0.2, 0.25) is 11.8 Å². The van der Waals surface area contributed by atoms with Crippen LogP contribution in [0.5, 0.6) is 0 Å². The lowest BCUT2D eigenvalue weighted by Crippen LogP contribution is -2.48. The molecule has 1 saturated carbocycles. The molecule has 7 heteroatoms. The molecule has 0 aromatic carbocycles. The summed E-state index contributed by atoms with van der Waals surface area (Å²) in [5, 5.41) is 8.73. The molecule has 2 unspecified atom stereocenters. The fraction of sp³-hybridized carbons (Fsp3) is 0.611. The summed E-state index contributed by atoms with van der Waals surface area (Å²) >= 11 is 0. The van der Waals surface area contributed by atoms with Crippen LogP contribution in [0, 0.1) is 18.8 Å². The van der Waals surface area contributed by atoms with E-state index >= 15 is 0 Å². The van der Waals surface area contributed by atoms with Gasteiger partial charge in [0.25, 0.3) is 5.91 Å². The SMILES string of the molecule is Cc1ccc(C(=O)NC(CNC(=O)C2CCNC(=O)C2)C2CC2)n1C. The normalized spacial score (nSPS) is 21.4. The molecule has 7 nitrogen and oxygen atoms in total. The first-order valence-corrected chi connectivity index (χ1v) is 8.93. The molecule has 25 heavy (non-hydrogen) atoms. The quantitative estimate of drug-likeness (QED) is 0.700. The highest BCUT2D eigenvalue weighted by molar-refractivity contribution is 5.93. The van der Waals surface area contributed by atoms with Crippen molar-refractivity contribution in [1.29, 1.82) is 0 Å². The Morgan fingerprint density at radius 3 is 2.68 bits per heavy atom. The Labute approximate surface area is 147 Å². The maximum absolute atomic E-state index is 12.5. The smallest absolute Gasteiger partial charge is 0.268 e. The second-order valence-electron chi connectivity index (χ2n) is 7.12. The first kappa shape index (κ1) is 17.5. The van der Waals surface area contributed by atoms with Crippen molar-refractivity contribution >= 4 is 17.7 Å². The Bertz CT molecular complexity index is 678. The van der Waals surface area contributed by atoms with Crippen LogP contribution >= 0.6 is 0 Å². The van der Waals surface area contributed by atoms with Gasteiger partial charge in [-0.2, -0.15) is 0 Å². The van der Waals surface area contributed by atoms with Crippen molar-refractivity contribution in [3.8, 4) is 0 Å². The standard InChI is InChI=1S/C18H26N4O3/c1-11-3-6-15(22(11)2)18(25)21-14(12-4-5-12)10-20-17(24)13-7-8-19-16(23)9-13/h3,6,12-14H,4-5,7-10H2,1-2H3,(H,19,23)(H,20,24)(H,21,25). The molecule has 0 bridgehead atoms. The molecule has 3 N–H and O–H groups in total. The lowest BCUT2D eigenvalue weighted by atomic mass is 9.96. The van der Waals surface area contributed by atoms with Gasteiger partial charge in [-0.1, -0.05) is 0 Å². The van der Waals surface area contributed by atoms with E-state index in [1.165, 1.54) is 0 Å². The van der Waals surface area contributed by atoms with E-state index in [0.29, 0.717) is 31.1 Å². The van der Waals surface area contributed by atoms with Gasteiger partial charge in [0.15, 0.2) is 0 Å². The summed E-state index contributed by atoms with van der Waals surface area (Å²) in [6.45, 7) is 2.92. The Balaban J connectivity index is 1.55. The van der Waals surface area contributed by atoms with E-state index < -0.39 is 0 Å². The minimum absolute atomic E-state index is 0.0657. The summed E-state index contributed by atoms with van der Waals surface area (Å²) in [5.74, 6) is -0.124. The Hall–Kier alpha value is -2.31. The molecule has 1 aliphatic carbocycles. The fourth-order valence-electron chi connectivity index (χ4n) is 3.28. The Kier molecular flexibility index (Phi) is 5.11. The second kappa shape index (κ2) is 7.29. The van der Waals surface area contributed by atoms with Crippen molar-refractivity contribution in [2.75, 3.05) is 13.1 Å². The third-order valence-electron chi connectivity index (χ3n) is 5.23. The first-order valence-electron chi connectivity index (χ1n) is 8.93. The maximum Gasteiger partial charge on any atom is 0.268 e. The molecule has 136 valence electrons. The molecule has 1 aromatic heterocycles. The van der Waals surface area contributed by atoms with Gasteiger partial charge >= 0.3 is 0 Å². The average Bonchev–Trinajstić information content (AvgIpc) is 3.37. The molecule has 2 atom stereocenters. The summed E-state index contributed by atoms with van der Waals surface area (Å²) in [4.78, 5) is 36.2. The molecule has 2 heterocycles. The molecular weight excluding hydrogens is 320 g/mol. The highest BCUT2D eigenvalue weighted by atomic mass is 16.2. The van der Waals surface area contributed by atoms with Gasteiger partial charge < -0.3 is 20.5 Å². The maximum atomic E-state index is 12.5. The topological polar surface area (TPSA) is 92.2 Å². The molecule has 1 aliphatic heterocycles. The van der Waals surface area contributed by atoms with Crippen LogP contribution in [0.1, 0.15) is 41.9 Å². The zero-order chi connectivity index (χ0) is 18.0. The molecule has 3 amide bonds. The predicted molar refractivity (Wildman–Crippen MR) is 92.9 cm³/mol. The minimum atomic E-state index is -0.264. The van der Waals surface area contributed by atoms with Crippen LogP contribution in [0.2, 0.25) is 0 Å². The van der Waals surface area contributed by atoms with Crippen LogP contribution in [-0.4, -0.2) is 41.4 Å². The summed E-state index contributed by atoms with van der Waals surface area (Å²) in [6.07, 6.45) is 3.05. The number of aromatic nitrogens is 1. The number of aryl methyl sites for hydroxylation is 1. The van der Waals surface area contributed by atoms with E-state index in [9.17, 15) is 14.4 Å². The van der Waals surface area contributed by atoms with Crippen LogP contribution in [0.15, 0.2) is 12.1 Å². The van der Waals surface area contributed by atoms with E-state index in [1.807, 2.05) is 30.7 Å². The number of carbonyl (C=O) groups excluding carboxylic acids is 3. The molecule has 1 aromatic rings. The van der Waals surface area contributed by atoms with E-state index in [0.717, 1.165) is 18.5 Å². The van der Waals surface area contributed by atoms with Crippen LogP contribution in [-0.2, 0) is 16.6 Å². The molecule has 0 radical (unpaired) electrons. The predicted octanol–water partition coefficient (Wildman–Crippen LogP) is 0.484. The number of nitrogens with zero attached hydrogens (tertiary/aromatic N) is 1. The Morgan fingerprint density at radius 2 is 2.08 bits per heavy atom. The van der Waals surface area contributed by atoms with E-state index in [-0.39, 0.29) is 36.1 Å². The monoisotopic (exact) mass is 346 g/mol. The van der Waals surface area contributed by atoms with Crippen molar-refractivity contribution in [1.82, 2.24) is 20.5 Å². The number of nitrogens with one attached hydrogen (secondary N) is 3. The van der Waals surface area contributed by atoms with Gasteiger partial charge in [0.05, 0.1) is 0 Å². The molecule has 2 aliphatic rings. The van der Waals surface area contributed by atoms with Crippen LogP contribution in [0.25, 0.3) is 0 Å². The van der Waals surface area contributed by atoms with Gasteiger partial charge in [0, 0.05) is 44.2 Å². The summed E-state index contributed by atoms with van der Waals surface area (Å²) in [5.41, 5.74) is 1.65. The third kappa shape index (κ3) is 4.21. The van der Waals surface area contributed by atoms with E-state index in [2.05, 4.69) is 16.0 Å². The zero-order valence-corrected chi connectivity index (χ0v) is 14.8. The average molecular weight is 346 g/mol. The van der Waals surface area contributed by atoms with Crippen molar-refractivity contribution in [2.24, 2.45) is 18.9 Å². The van der Waals surface area contributed by atoms with Crippen molar-refractivity contribution in [3.05, 3.63) is 23.5 Å². The highest BCUT2D eigenvalue weighted by Crippen LogP contribution is 2.32. The van der Waals surface area contributed by atoms with E-state index in [4.69, 9.17) is 0 Å². The number of carbonyl (C=O) groups is 3. The molecule has 0 spiro atoms. The largest absolute Gasteiger partial charge is 0.356 e. The zero-order valence-electron chi connectivity index (χ0n) is 14.8. The van der Waals surface area contributed by atoms with Crippen LogP contribution in [0.3, 0.4) is 0 Å².